The summed E-state index contributed by atoms with van der Waals surface area (Å²) in [5.41, 5.74) is 7.50. The van der Waals surface area contributed by atoms with E-state index in [0.717, 1.165) is 109 Å². The molecule has 0 amide bonds. The van der Waals surface area contributed by atoms with Crippen LogP contribution in [0.2, 0.25) is 0 Å². The molecule has 2 aromatic rings. The van der Waals surface area contributed by atoms with Gasteiger partial charge in [0.05, 0.1) is 24.4 Å². The van der Waals surface area contributed by atoms with Crippen molar-refractivity contribution in [2.75, 3.05) is 68.8 Å². The zero-order valence-corrected chi connectivity index (χ0v) is 27.4. The van der Waals surface area contributed by atoms with Crippen LogP contribution in [-0.4, -0.2) is 68.9 Å². The first-order chi connectivity index (χ1) is 23.6. The third kappa shape index (κ3) is 4.73. The van der Waals surface area contributed by atoms with Crippen LogP contribution >= 0.6 is 0 Å². The fourth-order valence-corrected chi connectivity index (χ4v) is 8.29. The molecule has 0 spiro atoms. The topological polar surface area (TPSA) is 73.8 Å². The molecule has 0 radical (unpaired) electrons. The van der Waals surface area contributed by atoms with Crippen LogP contribution in [0.5, 0.6) is 5.75 Å². The molecule has 9 heteroatoms. The van der Waals surface area contributed by atoms with E-state index >= 15 is 0 Å². The van der Waals surface area contributed by atoms with Crippen molar-refractivity contribution in [2.24, 2.45) is 11.8 Å². The van der Waals surface area contributed by atoms with Gasteiger partial charge < -0.3 is 23.4 Å². The molecule has 2 aliphatic carbocycles. The first kappa shape index (κ1) is 28.1. The summed E-state index contributed by atoms with van der Waals surface area (Å²) in [4.78, 5) is 14.6. The van der Waals surface area contributed by atoms with Crippen LogP contribution in [0.15, 0.2) is 75.6 Å². The monoisotopic (exact) mass is 640 g/mol. The Morgan fingerprint density at radius 3 is 2.04 bits per heavy atom. The molecule has 0 N–H and O–H groups in total. The number of benzene rings is 4. The summed E-state index contributed by atoms with van der Waals surface area (Å²) in [5, 5.41) is 2.45. The van der Waals surface area contributed by atoms with E-state index in [1.807, 2.05) is 6.07 Å². The Kier molecular flexibility index (Phi) is 6.49. The Balaban J connectivity index is 0.912. The lowest BCUT2D eigenvalue weighted by molar-refractivity contribution is 0.308. The van der Waals surface area contributed by atoms with Crippen molar-refractivity contribution in [2.45, 2.75) is 26.2 Å². The fourth-order valence-electron chi connectivity index (χ4n) is 8.29. The second-order valence-corrected chi connectivity index (χ2v) is 13.9. The molecule has 0 saturated carbocycles. The van der Waals surface area contributed by atoms with E-state index in [0.29, 0.717) is 18.4 Å². The molecule has 2 unspecified atom stereocenters. The molecular formula is C39H40N6O3+2. The molecule has 3 fully saturated rings. The number of ether oxygens (including phenoxy) is 1. The molecule has 8 aliphatic rings. The zero-order valence-electron chi connectivity index (χ0n) is 27.4. The summed E-state index contributed by atoms with van der Waals surface area (Å²) >= 11 is 0. The third-order valence-electron chi connectivity index (χ3n) is 11.2. The van der Waals surface area contributed by atoms with Gasteiger partial charge >= 0.3 is 0 Å². The van der Waals surface area contributed by atoms with Crippen LogP contribution < -0.4 is 34.4 Å². The third-order valence-corrected chi connectivity index (χ3v) is 11.2. The van der Waals surface area contributed by atoms with Crippen molar-refractivity contribution in [3.63, 3.8) is 0 Å². The van der Waals surface area contributed by atoms with E-state index in [2.05, 4.69) is 86.5 Å². The SMILES string of the molecule is CCN1CCOc2cc3nc4ccc(=[N+]5CCC(C6CC[N+](=c7ccc8nc9ccc(N%10CCC%10)cc9oc-8c7)C6)C5)cc-4oc3cc21. The van der Waals surface area contributed by atoms with Crippen LogP contribution in [0.25, 0.3) is 45.1 Å². The van der Waals surface area contributed by atoms with Gasteiger partial charge in [0.2, 0.25) is 10.7 Å². The number of likely N-dealkylation sites (N-methyl/N-ethyl adjacent to an activating group) is 1. The number of nitrogens with zero attached hydrogens (tertiary/aromatic N) is 6. The van der Waals surface area contributed by atoms with Gasteiger partial charge in [-0.25, -0.2) is 19.1 Å². The maximum absolute atomic E-state index is 6.48. The smallest absolute Gasteiger partial charge is 0.203 e. The highest BCUT2D eigenvalue weighted by Gasteiger charge is 2.39. The maximum atomic E-state index is 6.48. The lowest BCUT2D eigenvalue weighted by Gasteiger charge is -2.33. The fraction of sp³-hybridized carbons (Fsp3) is 0.385. The quantitative estimate of drug-likeness (QED) is 0.202. The van der Waals surface area contributed by atoms with E-state index < -0.39 is 0 Å². The van der Waals surface area contributed by atoms with E-state index in [1.165, 1.54) is 35.7 Å². The van der Waals surface area contributed by atoms with E-state index in [1.54, 1.807) is 0 Å². The van der Waals surface area contributed by atoms with Crippen molar-refractivity contribution in [3.8, 4) is 28.7 Å². The van der Waals surface area contributed by atoms with E-state index in [9.17, 15) is 0 Å². The number of rotatable bonds is 3. The van der Waals surface area contributed by atoms with Gasteiger partial charge in [0.15, 0.2) is 22.7 Å². The summed E-state index contributed by atoms with van der Waals surface area (Å²) in [7, 11) is 0. The second kappa shape index (κ2) is 11.1. The normalized spacial score (nSPS) is 23.3. The average molecular weight is 641 g/mol. The van der Waals surface area contributed by atoms with Gasteiger partial charge in [0, 0.05) is 80.3 Å². The standard InChI is InChI=1S/C39H40N6O3/c1-2-42-16-17-46-39-21-33-38(22-34(39)42)48-37-20-29(6-9-32(37)41-33)45-15-11-26(24-45)25-10-14-44(23-25)28-5-8-31-36(19-28)47-35-18-27(43-12-3-13-43)4-7-30(35)40-31/h4-9,18-22,25-26H,2-3,10-17,23-24H2,1H3/q+2. The van der Waals surface area contributed by atoms with Gasteiger partial charge in [0.25, 0.3) is 0 Å². The van der Waals surface area contributed by atoms with Crippen LogP contribution in [0, 0.1) is 11.8 Å². The summed E-state index contributed by atoms with van der Waals surface area (Å²) in [6.07, 6.45) is 3.69. The van der Waals surface area contributed by atoms with Gasteiger partial charge in [-0.3, -0.25) is 0 Å². The minimum atomic E-state index is 0.666. The van der Waals surface area contributed by atoms with Crippen LogP contribution in [-0.2, 0) is 0 Å². The van der Waals surface area contributed by atoms with E-state index in [-0.39, 0.29) is 0 Å². The van der Waals surface area contributed by atoms with Gasteiger partial charge in [-0.15, -0.1) is 0 Å². The minimum Gasteiger partial charge on any atom is -0.489 e. The maximum Gasteiger partial charge on any atom is 0.203 e. The number of anilines is 2. The molecule has 48 heavy (non-hydrogen) atoms. The average Bonchev–Trinajstić information content (AvgIpc) is 3.78. The summed E-state index contributed by atoms with van der Waals surface area (Å²) in [6.45, 7) is 11.2. The Morgan fingerprint density at radius 2 is 1.40 bits per heavy atom. The highest BCUT2D eigenvalue weighted by molar-refractivity contribution is 5.84. The Labute approximate surface area is 278 Å². The van der Waals surface area contributed by atoms with Crippen molar-refractivity contribution < 1.29 is 13.6 Å². The predicted molar refractivity (Wildman–Crippen MR) is 188 cm³/mol. The summed E-state index contributed by atoms with van der Waals surface area (Å²) < 4.78 is 23.9. The van der Waals surface area contributed by atoms with Crippen molar-refractivity contribution in [3.05, 3.63) is 77.4 Å². The molecule has 6 aliphatic heterocycles. The van der Waals surface area contributed by atoms with Gasteiger partial charge in [-0.1, -0.05) is 0 Å². The number of fused-ring (bicyclic) bond motifs is 5. The van der Waals surface area contributed by atoms with Gasteiger partial charge in [0.1, 0.15) is 61.0 Å². The van der Waals surface area contributed by atoms with Crippen molar-refractivity contribution >= 4 is 33.6 Å². The zero-order chi connectivity index (χ0) is 31.8. The lowest BCUT2D eigenvalue weighted by atomic mass is 9.91. The Morgan fingerprint density at radius 1 is 0.729 bits per heavy atom. The summed E-state index contributed by atoms with van der Waals surface area (Å²) in [6, 6.07) is 23.5. The molecule has 2 atom stereocenters. The molecule has 0 aromatic heterocycles. The highest BCUT2D eigenvalue weighted by Crippen LogP contribution is 2.37. The molecule has 2 aromatic carbocycles. The second-order valence-electron chi connectivity index (χ2n) is 13.9. The lowest BCUT2D eigenvalue weighted by Crippen LogP contribution is -2.36. The van der Waals surface area contributed by atoms with E-state index in [4.69, 9.17) is 23.5 Å². The summed E-state index contributed by atoms with van der Waals surface area (Å²) in [5.74, 6) is 3.91. The van der Waals surface area contributed by atoms with Gasteiger partial charge in [-0.2, -0.15) is 0 Å². The Bertz CT molecular complexity index is 2300. The molecule has 10 rings (SSSR count). The van der Waals surface area contributed by atoms with Crippen LogP contribution in [0.4, 0.5) is 11.4 Å². The number of hydrogen-bond donors (Lipinski definition) is 0. The molecule has 9 nitrogen and oxygen atoms in total. The van der Waals surface area contributed by atoms with Crippen molar-refractivity contribution in [1.82, 2.24) is 19.1 Å². The minimum absolute atomic E-state index is 0.666. The molecule has 242 valence electrons. The van der Waals surface area contributed by atoms with Crippen LogP contribution in [0.3, 0.4) is 0 Å². The number of aromatic nitrogens is 2. The first-order valence-electron chi connectivity index (χ1n) is 17.7. The number of hydrogen-bond acceptors (Lipinski definition) is 7. The largest absolute Gasteiger partial charge is 0.489 e. The van der Waals surface area contributed by atoms with Gasteiger partial charge in [-0.05, 0) is 37.6 Å². The first-order valence-corrected chi connectivity index (χ1v) is 17.7. The predicted octanol–water partition coefficient (Wildman–Crippen LogP) is 4.89. The Hall–Kier alpha value is -4.92. The van der Waals surface area contributed by atoms with Crippen molar-refractivity contribution in [1.29, 1.82) is 0 Å². The highest BCUT2D eigenvalue weighted by atomic mass is 16.5. The molecule has 3 saturated heterocycles. The van der Waals surface area contributed by atoms with Crippen LogP contribution in [0.1, 0.15) is 26.2 Å². The molecule has 0 bridgehead atoms. The molecule has 6 heterocycles. The molecular weight excluding hydrogens is 600 g/mol.